The van der Waals surface area contributed by atoms with E-state index in [1.165, 1.54) is 0 Å². The quantitative estimate of drug-likeness (QED) is 0.741. The van der Waals surface area contributed by atoms with Crippen LogP contribution >= 0.6 is 0 Å². The van der Waals surface area contributed by atoms with Crippen molar-refractivity contribution in [1.29, 1.82) is 0 Å². The van der Waals surface area contributed by atoms with Crippen LogP contribution in [0, 0.1) is 0 Å². The van der Waals surface area contributed by atoms with E-state index in [1.54, 1.807) is 22.8 Å². The van der Waals surface area contributed by atoms with Gasteiger partial charge in [-0.15, -0.1) is 0 Å². The number of nitrogens with zero attached hydrogens (tertiary/aromatic N) is 3. The van der Waals surface area contributed by atoms with Crippen molar-refractivity contribution in [1.82, 2.24) is 9.55 Å². The smallest absolute Gasteiger partial charge is 0.261 e. The molecule has 0 aliphatic carbocycles. The van der Waals surface area contributed by atoms with Crippen molar-refractivity contribution in [2.24, 2.45) is 0 Å². The predicted molar refractivity (Wildman–Crippen MR) is 112 cm³/mol. The van der Waals surface area contributed by atoms with Gasteiger partial charge in [-0.1, -0.05) is 0 Å². The van der Waals surface area contributed by atoms with E-state index >= 15 is 0 Å². The van der Waals surface area contributed by atoms with Gasteiger partial charge in [0.25, 0.3) is 11.5 Å². The molecule has 0 saturated heterocycles. The molecular formula is C22H24N4O2. The molecular weight excluding hydrogens is 352 g/mol. The number of amides is 1. The monoisotopic (exact) mass is 376 g/mol. The number of nitrogens with one attached hydrogen (secondary N) is 1. The Morgan fingerprint density at radius 3 is 2.61 bits per heavy atom. The Labute approximate surface area is 163 Å². The van der Waals surface area contributed by atoms with Gasteiger partial charge in [0.05, 0.1) is 10.9 Å². The van der Waals surface area contributed by atoms with Crippen molar-refractivity contribution in [3.8, 4) is 0 Å². The molecule has 6 heteroatoms. The molecule has 6 nitrogen and oxygen atoms in total. The first-order chi connectivity index (χ1) is 13.6. The van der Waals surface area contributed by atoms with E-state index in [4.69, 9.17) is 0 Å². The van der Waals surface area contributed by atoms with Crippen LogP contribution in [-0.4, -0.2) is 28.5 Å². The van der Waals surface area contributed by atoms with Crippen LogP contribution in [0.3, 0.4) is 0 Å². The molecule has 2 heterocycles. The topological polar surface area (TPSA) is 67.2 Å². The van der Waals surface area contributed by atoms with Crippen molar-refractivity contribution in [2.45, 2.75) is 33.2 Å². The second-order valence-electron chi connectivity index (χ2n) is 6.99. The third-order valence-electron chi connectivity index (χ3n) is 5.33. The second kappa shape index (κ2) is 7.46. The highest BCUT2D eigenvalue weighted by Gasteiger charge is 2.17. The largest absolute Gasteiger partial charge is 0.372 e. The Morgan fingerprint density at radius 2 is 1.89 bits per heavy atom. The highest BCUT2D eigenvalue weighted by molar-refractivity contribution is 6.06. The van der Waals surface area contributed by atoms with Gasteiger partial charge in [-0.2, -0.15) is 0 Å². The number of carbonyl (C=O) groups is 1. The van der Waals surface area contributed by atoms with E-state index in [0.29, 0.717) is 16.5 Å². The summed E-state index contributed by atoms with van der Waals surface area (Å²) in [6.45, 7) is 6.84. The van der Waals surface area contributed by atoms with Gasteiger partial charge in [0.1, 0.15) is 5.82 Å². The minimum atomic E-state index is -0.208. The van der Waals surface area contributed by atoms with Crippen LogP contribution in [0.15, 0.2) is 47.3 Å². The van der Waals surface area contributed by atoms with Gasteiger partial charge in [-0.3, -0.25) is 14.2 Å². The molecule has 2 aromatic carbocycles. The Hall–Kier alpha value is -3.15. The molecule has 0 radical (unpaired) electrons. The van der Waals surface area contributed by atoms with Gasteiger partial charge in [0, 0.05) is 43.0 Å². The van der Waals surface area contributed by atoms with Crippen molar-refractivity contribution < 1.29 is 4.79 Å². The number of benzene rings is 2. The number of aryl methyl sites for hydroxylation is 1. The van der Waals surface area contributed by atoms with Crippen LogP contribution in [0.5, 0.6) is 0 Å². The number of anilines is 2. The fraction of sp³-hybridized carbons (Fsp3) is 0.318. The maximum atomic E-state index is 12.7. The molecule has 4 rings (SSSR count). The SMILES string of the molecule is CCN(CC)c1ccc(NC(=O)c2ccc3c(=O)n4c(nc3c2)CCC4)cc1. The summed E-state index contributed by atoms with van der Waals surface area (Å²) < 4.78 is 1.74. The number of fused-ring (bicyclic) bond motifs is 2. The number of hydrogen-bond donors (Lipinski definition) is 1. The van der Waals surface area contributed by atoms with Gasteiger partial charge in [-0.05, 0) is 62.7 Å². The Balaban J connectivity index is 1.57. The molecule has 0 saturated carbocycles. The van der Waals surface area contributed by atoms with Gasteiger partial charge < -0.3 is 10.2 Å². The molecule has 28 heavy (non-hydrogen) atoms. The van der Waals surface area contributed by atoms with Gasteiger partial charge in [0.15, 0.2) is 0 Å². The summed E-state index contributed by atoms with van der Waals surface area (Å²) in [4.78, 5) is 32.1. The summed E-state index contributed by atoms with van der Waals surface area (Å²) in [5.74, 6) is 0.599. The lowest BCUT2D eigenvalue weighted by Gasteiger charge is -2.21. The highest BCUT2D eigenvalue weighted by Crippen LogP contribution is 2.20. The van der Waals surface area contributed by atoms with Crippen molar-refractivity contribution in [2.75, 3.05) is 23.3 Å². The van der Waals surface area contributed by atoms with Crippen LogP contribution < -0.4 is 15.8 Å². The average molecular weight is 376 g/mol. The first-order valence-corrected chi connectivity index (χ1v) is 9.80. The van der Waals surface area contributed by atoms with E-state index in [9.17, 15) is 9.59 Å². The lowest BCUT2D eigenvalue weighted by atomic mass is 10.1. The second-order valence-corrected chi connectivity index (χ2v) is 6.99. The molecule has 0 unspecified atom stereocenters. The number of rotatable bonds is 5. The molecule has 0 fully saturated rings. The summed E-state index contributed by atoms with van der Waals surface area (Å²) in [7, 11) is 0. The Kier molecular flexibility index (Phi) is 4.86. The molecule has 1 amide bonds. The fourth-order valence-electron chi connectivity index (χ4n) is 3.77. The van der Waals surface area contributed by atoms with Gasteiger partial charge in [-0.25, -0.2) is 4.98 Å². The van der Waals surface area contributed by atoms with E-state index < -0.39 is 0 Å². The third-order valence-corrected chi connectivity index (χ3v) is 5.33. The number of hydrogen-bond acceptors (Lipinski definition) is 4. The third kappa shape index (κ3) is 3.26. The summed E-state index contributed by atoms with van der Waals surface area (Å²) in [5.41, 5.74) is 2.93. The zero-order chi connectivity index (χ0) is 19.7. The van der Waals surface area contributed by atoms with Crippen LogP contribution in [0.25, 0.3) is 10.9 Å². The lowest BCUT2D eigenvalue weighted by molar-refractivity contribution is 0.102. The van der Waals surface area contributed by atoms with Crippen molar-refractivity contribution in [3.05, 3.63) is 64.2 Å². The molecule has 0 spiro atoms. The van der Waals surface area contributed by atoms with Gasteiger partial charge >= 0.3 is 0 Å². The lowest BCUT2D eigenvalue weighted by Crippen LogP contribution is -2.22. The van der Waals surface area contributed by atoms with E-state index in [0.717, 1.165) is 49.7 Å². The maximum absolute atomic E-state index is 12.7. The first kappa shape index (κ1) is 18.2. The minimum Gasteiger partial charge on any atom is -0.372 e. The molecule has 1 aromatic heterocycles. The normalized spacial score (nSPS) is 12.8. The molecule has 144 valence electrons. The minimum absolute atomic E-state index is 0.0172. The van der Waals surface area contributed by atoms with Crippen LogP contribution in [0.1, 0.15) is 36.5 Å². The summed E-state index contributed by atoms with van der Waals surface area (Å²) in [6.07, 6.45) is 1.75. The molecule has 3 aromatic rings. The predicted octanol–water partition coefficient (Wildman–Crippen LogP) is 3.44. The van der Waals surface area contributed by atoms with E-state index in [1.807, 2.05) is 24.3 Å². The highest BCUT2D eigenvalue weighted by atomic mass is 16.1. The Bertz CT molecular complexity index is 1080. The number of aromatic nitrogens is 2. The molecule has 0 atom stereocenters. The average Bonchev–Trinajstić information content (AvgIpc) is 3.18. The molecule has 1 aliphatic rings. The summed E-state index contributed by atoms with van der Waals surface area (Å²) in [6, 6.07) is 12.9. The van der Waals surface area contributed by atoms with Crippen LogP contribution in [0.2, 0.25) is 0 Å². The van der Waals surface area contributed by atoms with E-state index in [2.05, 4.69) is 29.0 Å². The Morgan fingerprint density at radius 1 is 1.14 bits per heavy atom. The van der Waals surface area contributed by atoms with Gasteiger partial charge in [0.2, 0.25) is 0 Å². The molecule has 0 bridgehead atoms. The standard InChI is InChI=1S/C22H24N4O2/c1-3-25(4-2)17-10-8-16(9-11-17)23-21(27)15-7-12-18-19(14-15)24-20-6-5-13-26(20)22(18)28/h7-12,14H,3-6,13H2,1-2H3,(H,23,27). The summed E-state index contributed by atoms with van der Waals surface area (Å²) >= 11 is 0. The number of carbonyl (C=O) groups excluding carboxylic acids is 1. The molecule has 1 aliphatic heterocycles. The van der Waals surface area contributed by atoms with Crippen molar-refractivity contribution >= 4 is 28.2 Å². The summed E-state index contributed by atoms with van der Waals surface area (Å²) in [5, 5.41) is 3.48. The van der Waals surface area contributed by atoms with Crippen LogP contribution in [0.4, 0.5) is 11.4 Å². The molecule has 1 N–H and O–H groups in total. The van der Waals surface area contributed by atoms with Crippen LogP contribution in [-0.2, 0) is 13.0 Å². The zero-order valence-electron chi connectivity index (χ0n) is 16.2. The van der Waals surface area contributed by atoms with Crippen molar-refractivity contribution in [3.63, 3.8) is 0 Å². The zero-order valence-corrected chi connectivity index (χ0v) is 16.2. The maximum Gasteiger partial charge on any atom is 0.261 e. The first-order valence-electron chi connectivity index (χ1n) is 9.80. The fourth-order valence-corrected chi connectivity index (χ4v) is 3.77. The van der Waals surface area contributed by atoms with E-state index in [-0.39, 0.29) is 11.5 Å².